The number of pyridine rings is 2. The molecule has 0 saturated carbocycles. The van der Waals surface area contributed by atoms with Gasteiger partial charge in [-0.25, -0.2) is 0 Å². The largest absolute Gasteiger partial charge is 0.310 e. The first-order valence-corrected chi connectivity index (χ1v) is 22.6. The second kappa shape index (κ2) is 13.0. The van der Waals surface area contributed by atoms with Crippen molar-refractivity contribution in [3.8, 4) is 39.3 Å². The minimum Gasteiger partial charge on any atom is -0.310 e. The van der Waals surface area contributed by atoms with E-state index >= 15 is 0 Å². The predicted octanol–water partition coefficient (Wildman–Crippen LogP) is 12.3. The molecule has 0 aliphatic carbocycles. The van der Waals surface area contributed by atoms with E-state index in [0.717, 1.165) is 39.5 Å². The Kier molecular flexibility index (Phi) is 7.59. The Morgan fingerprint density at radius 3 is 1.72 bits per heavy atom. The van der Waals surface area contributed by atoms with E-state index in [2.05, 4.69) is 192 Å². The Morgan fingerprint density at radius 2 is 1.07 bits per heavy atom. The first kappa shape index (κ1) is 33.3. The Bertz CT molecular complexity index is 3040. The number of hydrogen-bond donors (Lipinski definition) is 0. The van der Waals surface area contributed by atoms with Crippen molar-refractivity contribution in [1.82, 2.24) is 14.5 Å². The second-order valence-electron chi connectivity index (χ2n) is 15.5. The zero-order valence-electron chi connectivity index (χ0n) is 31.8. The third-order valence-corrected chi connectivity index (χ3v) is 15.3. The molecule has 7 aromatic carbocycles. The Labute approximate surface area is 333 Å². The van der Waals surface area contributed by atoms with Crippen LogP contribution in [0.25, 0.3) is 71.9 Å². The van der Waals surface area contributed by atoms with Gasteiger partial charge in [0.1, 0.15) is 8.07 Å². The van der Waals surface area contributed by atoms with Gasteiger partial charge in [-0.15, -0.1) is 0 Å². The molecule has 57 heavy (non-hydrogen) atoms. The van der Waals surface area contributed by atoms with Gasteiger partial charge >= 0.3 is 0 Å². The van der Waals surface area contributed by atoms with Gasteiger partial charge in [0.25, 0.3) is 0 Å². The molecular formula is C52H38N4Si. The molecule has 0 N–H and O–H groups in total. The average Bonchev–Trinajstić information content (AvgIpc) is 3.61. The Morgan fingerprint density at radius 1 is 0.456 bits per heavy atom. The van der Waals surface area contributed by atoms with E-state index in [1.807, 2.05) is 24.5 Å². The first-order valence-electron chi connectivity index (χ1n) is 19.6. The molecule has 10 aromatic rings. The Hall–Kier alpha value is -7.08. The number of nitrogens with zero attached hydrogens (tertiary/aromatic N) is 4. The molecule has 0 atom stereocenters. The summed E-state index contributed by atoms with van der Waals surface area (Å²) >= 11 is 0. The van der Waals surface area contributed by atoms with Crippen LogP contribution >= 0.6 is 0 Å². The Balaban J connectivity index is 1.19. The van der Waals surface area contributed by atoms with E-state index in [9.17, 15) is 0 Å². The molecule has 4 heterocycles. The summed E-state index contributed by atoms with van der Waals surface area (Å²) in [6, 6.07) is 66.1. The molecular weight excluding hydrogens is 709 g/mol. The van der Waals surface area contributed by atoms with Crippen LogP contribution in [0.3, 0.4) is 0 Å². The van der Waals surface area contributed by atoms with Gasteiger partial charge in [-0.1, -0.05) is 104 Å². The number of hydrogen-bond acceptors (Lipinski definition) is 3. The summed E-state index contributed by atoms with van der Waals surface area (Å²) in [5.41, 5.74) is 13.7. The summed E-state index contributed by atoms with van der Waals surface area (Å²) in [6.45, 7) is 5.07. The van der Waals surface area contributed by atoms with E-state index < -0.39 is 8.07 Å². The molecule has 0 fully saturated rings. The molecule has 11 rings (SSSR count). The maximum atomic E-state index is 4.75. The van der Waals surface area contributed by atoms with Crippen molar-refractivity contribution in [2.45, 2.75) is 13.1 Å². The normalized spacial score (nSPS) is 12.9. The van der Waals surface area contributed by atoms with Gasteiger partial charge in [0, 0.05) is 57.0 Å². The van der Waals surface area contributed by atoms with Gasteiger partial charge in [0.15, 0.2) is 0 Å². The van der Waals surface area contributed by atoms with Gasteiger partial charge in [-0.2, -0.15) is 0 Å². The number of aromatic nitrogens is 3. The topological polar surface area (TPSA) is 34.0 Å². The maximum absolute atomic E-state index is 4.75. The monoisotopic (exact) mass is 746 g/mol. The minimum absolute atomic E-state index is 0.945. The van der Waals surface area contributed by atoms with Gasteiger partial charge < -0.3 is 9.47 Å². The highest BCUT2D eigenvalue weighted by Gasteiger charge is 2.38. The van der Waals surface area contributed by atoms with E-state index in [4.69, 9.17) is 9.97 Å². The minimum atomic E-state index is -2.36. The molecule has 270 valence electrons. The van der Waals surface area contributed by atoms with E-state index in [1.54, 1.807) is 0 Å². The molecule has 3 aromatic heterocycles. The van der Waals surface area contributed by atoms with Crippen LogP contribution in [0, 0.1) is 0 Å². The fourth-order valence-corrected chi connectivity index (χ4v) is 12.1. The van der Waals surface area contributed by atoms with Crippen LogP contribution in [0.5, 0.6) is 0 Å². The lowest BCUT2D eigenvalue weighted by atomic mass is 9.96. The molecule has 0 unspecified atom stereocenters. The average molecular weight is 747 g/mol. The first-order chi connectivity index (χ1) is 28.0. The summed E-state index contributed by atoms with van der Waals surface area (Å²) in [7, 11) is -2.36. The van der Waals surface area contributed by atoms with Gasteiger partial charge in [-0.3, -0.25) is 9.97 Å². The highest BCUT2D eigenvalue weighted by atomic mass is 28.3. The van der Waals surface area contributed by atoms with Crippen molar-refractivity contribution in [1.29, 1.82) is 0 Å². The number of para-hydroxylation sites is 2. The molecule has 0 amide bonds. The van der Waals surface area contributed by atoms with Crippen LogP contribution < -0.4 is 15.3 Å². The molecule has 4 nitrogen and oxygen atoms in total. The van der Waals surface area contributed by atoms with Crippen molar-refractivity contribution in [2.24, 2.45) is 0 Å². The number of anilines is 3. The molecule has 5 heteroatoms. The molecule has 0 spiro atoms. The van der Waals surface area contributed by atoms with E-state index in [0.29, 0.717) is 0 Å². The van der Waals surface area contributed by atoms with Crippen LogP contribution in [0.15, 0.2) is 194 Å². The van der Waals surface area contributed by atoms with Crippen molar-refractivity contribution < 1.29 is 0 Å². The van der Waals surface area contributed by atoms with Crippen molar-refractivity contribution in [3.05, 3.63) is 194 Å². The van der Waals surface area contributed by atoms with Crippen LogP contribution in [0.4, 0.5) is 17.1 Å². The third kappa shape index (κ3) is 5.35. The lowest BCUT2D eigenvalue weighted by Gasteiger charge is -2.35. The third-order valence-electron chi connectivity index (χ3n) is 11.8. The zero-order valence-corrected chi connectivity index (χ0v) is 32.8. The molecule has 1 aliphatic heterocycles. The number of fused-ring (bicyclic) bond motifs is 7. The highest BCUT2D eigenvalue weighted by molar-refractivity contribution is 7.03. The number of rotatable bonds is 6. The second-order valence-corrected chi connectivity index (χ2v) is 19.8. The van der Waals surface area contributed by atoms with Crippen molar-refractivity contribution in [3.63, 3.8) is 0 Å². The van der Waals surface area contributed by atoms with Crippen LogP contribution in [-0.4, -0.2) is 22.6 Å². The van der Waals surface area contributed by atoms with Crippen molar-refractivity contribution >= 4 is 68.1 Å². The summed E-state index contributed by atoms with van der Waals surface area (Å²) < 4.78 is 2.56. The molecule has 0 radical (unpaired) electrons. The standard InChI is InChI=1S/C52H38N4Si/c1-57(2)49-32-36(37-29-38(45-21-11-13-27-53-45)31-39(30-37)46-22-12-14-28-54-46)24-25-47(49)56-48-26-23-35-15-9-10-20-43(35)51(48)44-33-42(34-50(57)52(44)56)55(40-16-5-3-6-17-40)41-18-7-4-8-19-41/h3-34H,1-2H3. The zero-order chi connectivity index (χ0) is 38.1. The smallest absolute Gasteiger partial charge is 0.117 e. The molecule has 0 saturated heterocycles. The van der Waals surface area contributed by atoms with Crippen LogP contribution in [0.1, 0.15) is 0 Å². The molecule has 1 aliphatic rings. The summed E-state index contributed by atoms with van der Waals surface area (Å²) in [5, 5.41) is 7.99. The summed E-state index contributed by atoms with van der Waals surface area (Å²) in [6.07, 6.45) is 3.73. The number of benzene rings is 7. The van der Waals surface area contributed by atoms with Gasteiger partial charge in [0.05, 0.1) is 22.4 Å². The van der Waals surface area contributed by atoms with Crippen molar-refractivity contribution in [2.75, 3.05) is 4.90 Å². The van der Waals surface area contributed by atoms with E-state index in [1.165, 1.54) is 59.9 Å². The van der Waals surface area contributed by atoms with Gasteiger partial charge in [-0.05, 0) is 123 Å². The van der Waals surface area contributed by atoms with Gasteiger partial charge in [0.2, 0.25) is 0 Å². The SMILES string of the molecule is C[Si]1(C)c2cc(-c3cc(-c4ccccn4)cc(-c4ccccn4)c3)ccc2-n2c3ccc4ccccc4c3c3cc(N(c4ccccc4)c4ccccc4)cc1c32. The predicted molar refractivity (Wildman–Crippen MR) is 242 cm³/mol. The lowest BCUT2D eigenvalue weighted by molar-refractivity contribution is 1.18. The molecule has 0 bridgehead atoms. The van der Waals surface area contributed by atoms with E-state index in [-0.39, 0.29) is 0 Å². The quantitative estimate of drug-likeness (QED) is 0.159. The fraction of sp³-hybridized carbons (Fsp3) is 0.0385. The fourth-order valence-electron chi connectivity index (χ4n) is 9.07. The lowest BCUT2D eigenvalue weighted by Crippen LogP contribution is -2.57. The summed E-state index contributed by atoms with van der Waals surface area (Å²) in [4.78, 5) is 11.9. The van der Waals surface area contributed by atoms with Crippen LogP contribution in [-0.2, 0) is 0 Å². The van der Waals surface area contributed by atoms with Crippen LogP contribution in [0.2, 0.25) is 13.1 Å². The maximum Gasteiger partial charge on any atom is 0.117 e. The highest BCUT2D eigenvalue weighted by Crippen LogP contribution is 2.44. The summed E-state index contributed by atoms with van der Waals surface area (Å²) in [5.74, 6) is 0.